The lowest BCUT2D eigenvalue weighted by Gasteiger charge is -2.38. The zero-order chi connectivity index (χ0) is 15.4. The number of hydrogen-bond acceptors (Lipinski definition) is 2. The zero-order valence-electron chi connectivity index (χ0n) is 12.4. The second kappa shape index (κ2) is 6.22. The van der Waals surface area contributed by atoms with E-state index in [1.807, 2.05) is 42.5 Å². The average Bonchev–Trinajstić information content (AvgIpc) is 2.58. The number of azide groups is 1. The lowest BCUT2D eigenvalue weighted by molar-refractivity contribution is -0.0190. The van der Waals surface area contributed by atoms with Crippen LogP contribution in [0.1, 0.15) is 31.2 Å². The van der Waals surface area contributed by atoms with Gasteiger partial charge in [0.05, 0.1) is 11.6 Å². The molecule has 4 nitrogen and oxygen atoms in total. The number of nitrogens with zero attached hydrogens (tertiary/aromatic N) is 3. The number of hydrogen-bond donors (Lipinski definition) is 1. The van der Waals surface area contributed by atoms with Gasteiger partial charge in [-0.15, -0.1) is 0 Å². The van der Waals surface area contributed by atoms with Crippen LogP contribution in [0.5, 0.6) is 0 Å². The van der Waals surface area contributed by atoms with E-state index in [1.54, 1.807) is 0 Å². The van der Waals surface area contributed by atoms with Crippen molar-refractivity contribution >= 4 is 0 Å². The molecule has 0 amide bonds. The van der Waals surface area contributed by atoms with Crippen molar-refractivity contribution in [2.24, 2.45) is 5.11 Å². The Hall–Kier alpha value is -2.29. The Kier molecular flexibility index (Phi) is 4.14. The van der Waals surface area contributed by atoms with Crippen LogP contribution in [-0.4, -0.2) is 11.1 Å². The first-order chi connectivity index (χ1) is 10.7. The first-order valence-corrected chi connectivity index (χ1v) is 7.66. The van der Waals surface area contributed by atoms with Crippen LogP contribution in [0.2, 0.25) is 0 Å². The van der Waals surface area contributed by atoms with Crippen molar-refractivity contribution in [2.45, 2.75) is 37.3 Å². The highest BCUT2D eigenvalue weighted by Crippen LogP contribution is 2.39. The van der Waals surface area contributed by atoms with Crippen molar-refractivity contribution in [3.8, 4) is 11.1 Å². The maximum Gasteiger partial charge on any atom is 0.0981 e. The van der Waals surface area contributed by atoms with Gasteiger partial charge in [-0.3, -0.25) is 0 Å². The van der Waals surface area contributed by atoms with Crippen molar-refractivity contribution in [3.63, 3.8) is 0 Å². The molecular weight excluding hydrogens is 274 g/mol. The van der Waals surface area contributed by atoms with E-state index in [2.05, 4.69) is 22.2 Å². The first kappa shape index (κ1) is 14.6. The molecule has 0 unspecified atom stereocenters. The van der Waals surface area contributed by atoms with Gasteiger partial charge in [0.2, 0.25) is 0 Å². The normalized spacial score (nSPS) is 24.5. The molecule has 1 aliphatic carbocycles. The topological polar surface area (TPSA) is 69.0 Å². The molecule has 0 spiro atoms. The Morgan fingerprint density at radius 3 is 2.36 bits per heavy atom. The van der Waals surface area contributed by atoms with Crippen molar-refractivity contribution in [1.82, 2.24) is 0 Å². The number of aliphatic hydroxyl groups is 1. The Balaban J connectivity index is 1.92. The molecule has 0 aromatic heterocycles. The Morgan fingerprint density at radius 2 is 1.68 bits per heavy atom. The SMILES string of the molecule is [N-]=[N+]=N[C@H]1CCCC[C@]1(O)c1ccc(-c2ccccc2)cc1. The van der Waals surface area contributed by atoms with Crippen LogP contribution >= 0.6 is 0 Å². The van der Waals surface area contributed by atoms with E-state index >= 15 is 0 Å². The molecule has 1 saturated carbocycles. The van der Waals surface area contributed by atoms with Gasteiger partial charge in [0, 0.05) is 4.91 Å². The summed E-state index contributed by atoms with van der Waals surface area (Å²) in [5, 5.41) is 14.9. The van der Waals surface area contributed by atoms with E-state index in [1.165, 1.54) is 0 Å². The lowest BCUT2D eigenvalue weighted by atomic mass is 9.76. The van der Waals surface area contributed by atoms with Gasteiger partial charge in [0.25, 0.3) is 0 Å². The summed E-state index contributed by atoms with van der Waals surface area (Å²) >= 11 is 0. The van der Waals surface area contributed by atoms with Crippen LogP contribution in [-0.2, 0) is 5.60 Å². The molecule has 1 fully saturated rings. The standard InChI is InChI=1S/C18H19N3O/c19-21-20-17-8-4-5-13-18(17,22)16-11-9-15(10-12-16)14-6-2-1-3-7-14/h1-3,6-7,9-12,17,22H,4-5,8,13H2/t17-,18-/m0/s1. The van der Waals surface area contributed by atoms with Gasteiger partial charge in [-0.05, 0) is 35.1 Å². The molecule has 0 radical (unpaired) electrons. The van der Waals surface area contributed by atoms with Gasteiger partial charge in [0.15, 0.2) is 0 Å². The second-order valence-electron chi connectivity index (χ2n) is 5.83. The number of benzene rings is 2. The van der Waals surface area contributed by atoms with Crippen molar-refractivity contribution < 1.29 is 5.11 Å². The van der Waals surface area contributed by atoms with Crippen LogP contribution in [0.3, 0.4) is 0 Å². The molecule has 2 aromatic rings. The van der Waals surface area contributed by atoms with E-state index in [-0.39, 0.29) is 6.04 Å². The molecule has 0 bridgehead atoms. The monoisotopic (exact) mass is 293 g/mol. The summed E-state index contributed by atoms with van der Waals surface area (Å²) in [6, 6.07) is 17.7. The lowest BCUT2D eigenvalue weighted by Crippen LogP contribution is -2.40. The van der Waals surface area contributed by atoms with Gasteiger partial charge in [-0.2, -0.15) is 0 Å². The minimum Gasteiger partial charge on any atom is -0.385 e. The molecule has 4 heteroatoms. The molecule has 2 aromatic carbocycles. The van der Waals surface area contributed by atoms with Gasteiger partial charge in [0.1, 0.15) is 0 Å². The van der Waals surface area contributed by atoms with Gasteiger partial charge < -0.3 is 5.11 Å². The maximum absolute atomic E-state index is 11.0. The van der Waals surface area contributed by atoms with E-state index in [0.29, 0.717) is 6.42 Å². The molecule has 0 heterocycles. The van der Waals surface area contributed by atoms with Crippen LogP contribution in [0.25, 0.3) is 21.6 Å². The van der Waals surface area contributed by atoms with E-state index in [9.17, 15) is 5.11 Å². The summed E-state index contributed by atoms with van der Waals surface area (Å²) in [6.07, 6.45) is 3.32. The molecule has 3 rings (SSSR count). The van der Waals surface area contributed by atoms with Crippen molar-refractivity contribution in [1.29, 1.82) is 0 Å². The molecule has 0 saturated heterocycles. The third kappa shape index (κ3) is 2.71. The predicted octanol–water partition coefficient (Wildman–Crippen LogP) is 4.79. The molecule has 1 aliphatic rings. The third-order valence-electron chi connectivity index (χ3n) is 4.52. The summed E-state index contributed by atoms with van der Waals surface area (Å²) in [6.45, 7) is 0. The molecule has 0 aliphatic heterocycles. The van der Waals surface area contributed by atoms with Crippen LogP contribution < -0.4 is 0 Å². The Labute approximate surface area is 130 Å². The minimum atomic E-state index is -1.04. The third-order valence-corrected chi connectivity index (χ3v) is 4.52. The fourth-order valence-electron chi connectivity index (χ4n) is 3.27. The van der Waals surface area contributed by atoms with Gasteiger partial charge in [-0.1, -0.05) is 72.6 Å². The van der Waals surface area contributed by atoms with Crippen molar-refractivity contribution in [3.05, 3.63) is 70.6 Å². The summed E-state index contributed by atoms with van der Waals surface area (Å²) in [7, 11) is 0. The first-order valence-electron chi connectivity index (χ1n) is 7.66. The van der Waals surface area contributed by atoms with E-state index in [0.717, 1.165) is 36.0 Å². The summed E-state index contributed by atoms with van der Waals surface area (Å²) in [5.41, 5.74) is 10.8. The molecule has 2 atom stereocenters. The Morgan fingerprint density at radius 1 is 1.00 bits per heavy atom. The maximum atomic E-state index is 11.0. The van der Waals surface area contributed by atoms with Crippen LogP contribution in [0, 0.1) is 0 Å². The fourth-order valence-corrected chi connectivity index (χ4v) is 3.27. The molecule has 22 heavy (non-hydrogen) atoms. The zero-order valence-corrected chi connectivity index (χ0v) is 12.4. The Bertz CT molecular complexity index is 677. The molecule has 1 N–H and O–H groups in total. The highest BCUT2D eigenvalue weighted by atomic mass is 16.3. The fraction of sp³-hybridized carbons (Fsp3) is 0.333. The molecule has 112 valence electrons. The average molecular weight is 293 g/mol. The van der Waals surface area contributed by atoms with Crippen LogP contribution in [0.4, 0.5) is 0 Å². The van der Waals surface area contributed by atoms with E-state index in [4.69, 9.17) is 5.53 Å². The van der Waals surface area contributed by atoms with Crippen LogP contribution in [0.15, 0.2) is 59.7 Å². The smallest absolute Gasteiger partial charge is 0.0981 e. The van der Waals surface area contributed by atoms with E-state index < -0.39 is 5.60 Å². The largest absolute Gasteiger partial charge is 0.385 e. The summed E-state index contributed by atoms with van der Waals surface area (Å²) in [5.74, 6) is 0. The van der Waals surface area contributed by atoms with Crippen molar-refractivity contribution in [2.75, 3.05) is 0 Å². The predicted molar refractivity (Wildman–Crippen MR) is 87.2 cm³/mol. The quantitative estimate of drug-likeness (QED) is 0.493. The highest BCUT2D eigenvalue weighted by molar-refractivity contribution is 5.63. The number of rotatable bonds is 3. The highest BCUT2D eigenvalue weighted by Gasteiger charge is 2.39. The second-order valence-corrected chi connectivity index (χ2v) is 5.83. The molecular formula is C18H19N3O. The summed E-state index contributed by atoms with van der Waals surface area (Å²) in [4.78, 5) is 2.91. The van der Waals surface area contributed by atoms with Gasteiger partial charge in [-0.25, -0.2) is 0 Å². The minimum absolute atomic E-state index is 0.381. The van der Waals surface area contributed by atoms with Gasteiger partial charge >= 0.3 is 0 Å². The summed E-state index contributed by atoms with van der Waals surface area (Å²) < 4.78 is 0.